The number of carboxylic acids is 1. The van der Waals surface area contributed by atoms with Gasteiger partial charge in [-0.2, -0.15) is 0 Å². The van der Waals surface area contributed by atoms with Crippen molar-refractivity contribution in [2.75, 3.05) is 5.32 Å². The summed E-state index contributed by atoms with van der Waals surface area (Å²) in [6.45, 7) is 4.99. The standard InChI is InChI=1S/C20H22FNO3/c1-13(12-14-6-4-5-7-17(14)21)18(23)22-16-10-8-15(9-11-16)20(2,3)19(24)25/h4-11,13H,12H2,1-3H3,(H,22,23)(H,24,25). The Balaban J connectivity index is 2.03. The number of halogens is 1. The number of carbonyl (C=O) groups is 2. The number of carbonyl (C=O) groups excluding carboxylic acids is 1. The Labute approximate surface area is 146 Å². The summed E-state index contributed by atoms with van der Waals surface area (Å²) in [5.41, 5.74) is 0.733. The molecule has 0 aliphatic rings. The number of hydrogen-bond donors (Lipinski definition) is 2. The SMILES string of the molecule is CC(Cc1ccccc1F)C(=O)Nc1ccc(C(C)(C)C(=O)O)cc1. The first-order chi connectivity index (χ1) is 11.7. The molecule has 2 N–H and O–H groups in total. The van der Waals surface area contributed by atoms with Crippen LogP contribution in [0.4, 0.5) is 10.1 Å². The fraction of sp³-hybridized carbons (Fsp3) is 0.300. The average Bonchev–Trinajstić information content (AvgIpc) is 2.57. The molecule has 25 heavy (non-hydrogen) atoms. The maximum Gasteiger partial charge on any atom is 0.313 e. The molecule has 0 saturated heterocycles. The van der Waals surface area contributed by atoms with Crippen molar-refractivity contribution in [3.05, 3.63) is 65.5 Å². The Morgan fingerprint density at radius 1 is 1.12 bits per heavy atom. The number of carboxylic acid groups (broad SMARTS) is 1. The van der Waals surface area contributed by atoms with Crippen LogP contribution in [0, 0.1) is 11.7 Å². The predicted molar refractivity (Wildman–Crippen MR) is 95.0 cm³/mol. The molecule has 1 atom stereocenters. The van der Waals surface area contributed by atoms with Crippen LogP contribution in [0.3, 0.4) is 0 Å². The van der Waals surface area contributed by atoms with E-state index in [1.54, 1.807) is 63.2 Å². The zero-order valence-corrected chi connectivity index (χ0v) is 14.5. The quantitative estimate of drug-likeness (QED) is 0.833. The molecule has 1 amide bonds. The van der Waals surface area contributed by atoms with E-state index in [1.165, 1.54) is 6.07 Å². The highest BCUT2D eigenvalue weighted by Crippen LogP contribution is 2.25. The largest absolute Gasteiger partial charge is 0.481 e. The summed E-state index contributed by atoms with van der Waals surface area (Å²) < 4.78 is 13.7. The molecule has 0 heterocycles. The van der Waals surface area contributed by atoms with Gasteiger partial charge >= 0.3 is 5.97 Å². The van der Waals surface area contributed by atoms with Crippen molar-refractivity contribution in [1.82, 2.24) is 0 Å². The van der Waals surface area contributed by atoms with Crippen molar-refractivity contribution in [1.29, 1.82) is 0 Å². The Bertz CT molecular complexity index is 769. The molecule has 0 saturated carbocycles. The first-order valence-electron chi connectivity index (χ1n) is 8.10. The summed E-state index contributed by atoms with van der Waals surface area (Å²) in [5.74, 6) is -1.84. The molecule has 0 bridgehead atoms. The number of anilines is 1. The van der Waals surface area contributed by atoms with Crippen molar-refractivity contribution in [2.45, 2.75) is 32.6 Å². The van der Waals surface area contributed by atoms with Crippen molar-refractivity contribution >= 4 is 17.6 Å². The minimum atomic E-state index is -0.999. The first-order valence-corrected chi connectivity index (χ1v) is 8.10. The number of aliphatic carboxylic acids is 1. The van der Waals surface area contributed by atoms with Gasteiger partial charge in [0.05, 0.1) is 5.41 Å². The second kappa shape index (κ2) is 7.47. The second-order valence-electron chi connectivity index (χ2n) is 6.69. The molecule has 132 valence electrons. The van der Waals surface area contributed by atoms with Crippen molar-refractivity contribution < 1.29 is 19.1 Å². The summed E-state index contributed by atoms with van der Waals surface area (Å²) in [6, 6.07) is 13.1. The van der Waals surface area contributed by atoms with Crippen LogP contribution in [-0.4, -0.2) is 17.0 Å². The van der Waals surface area contributed by atoms with Gasteiger partial charge in [0.15, 0.2) is 0 Å². The lowest BCUT2D eigenvalue weighted by Gasteiger charge is -2.20. The number of benzene rings is 2. The summed E-state index contributed by atoms with van der Waals surface area (Å²) in [5, 5.41) is 12.0. The van der Waals surface area contributed by atoms with Crippen LogP contribution in [0.5, 0.6) is 0 Å². The number of amides is 1. The van der Waals surface area contributed by atoms with Crippen molar-refractivity contribution in [3.8, 4) is 0 Å². The molecular formula is C20H22FNO3. The predicted octanol–water partition coefficient (Wildman–Crippen LogP) is 4.01. The number of hydrogen-bond acceptors (Lipinski definition) is 2. The maximum absolute atomic E-state index is 13.7. The van der Waals surface area contributed by atoms with Gasteiger partial charge < -0.3 is 10.4 Å². The Morgan fingerprint density at radius 3 is 2.28 bits per heavy atom. The molecule has 0 aliphatic heterocycles. The van der Waals surface area contributed by atoms with Gasteiger partial charge in [-0.05, 0) is 49.6 Å². The lowest BCUT2D eigenvalue weighted by atomic mass is 9.85. The fourth-order valence-electron chi connectivity index (χ4n) is 2.45. The lowest BCUT2D eigenvalue weighted by Crippen LogP contribution is -2.28. The third kappa shape index (κ3) is 4.44. The molecule has 0 radical (unpaired) electrons. The van der Waals surface area contributed by atoms with E-state index in [0.717, 1.165) is 0 Å². The van der Waals surface area contributed by atoms with E-state index in [-0.39, 0.29) is 11.7 Å². The van der Waals surface area contributed by atoms with E-state index in [1.807, 2.05) is 0 Å². The van der Waals surface area contributed by atoms with Gasteiger partial charge in [-0.3, -0.25) is 9.59 Å². The zero-order chi connectivity index (χ0) is 18.6. The minimum absolute atomic E-state index is 0.214. The molecule has 0 aliphatic carbocycles. The Morgan fingerprint density at radius 2 is 1.72 bits per heavy atom. The second-order valence-corrected chi connectivity index (χ2v) is 6.69. The van der Waals surface area contributed by atoms with Crippen LogP contribution in [0.2, 0.25) is 0 Å². The third-order valence-corrected chi connectivity index (χ3v) is 4.34. The molecule has 2 aromatic rings. The van der Waals surface area contributed by atoms with Crippen molar-refractivity contribution in [3.63, 3.8) is 0 Å². The van der Waals surface area contributed by atoms with Gasteiger partial charge in [-0.25, -0.2) is 4.39 Å². The van der Waals surface area contributed by atoms with Gasteiger partial charge in [0.25, 0.3) is 0 Å². The molecule has 1 unspecified atom stereocenters. The topological polar surface area (TPSA) is 66.4 Å². The van der Waals surface area contributed by atoms with Crippen LogP contribution >= 0.6 is 0 Å². The van der Waals surface area contributed by atoms with Crippen LogP contribution in [0.25, 0.3) is 0 Å². The molecule has 0 aromatic heterocycles. The first kappa shape index (κ1) is 18.6. The minimum Gasteiger partial charge on any atom is -0.481 e. The monoisotopic (exact) mass is 343 g/mol. The van der Waals surface area contributed by atoms with E-state index in [0.29, 0.717) is 23.2 Å². The smallest absolute Gasteiger partial charge is 0.313 e. The van der Waals surface area contributed by atoms with Gasteiger partial charge in [-0.15, -0.1) is 0 Å². The average molecular weight is 343 g/mol. The highest BCUT2D eigenvalue weighted by molar-refractivity contribution is 5.92. The molecule has 4 nitrogen and oxygen atoms in total. The van der Waals surface area contributed by atoms with E-state index >= 15 is 0 Å². The normalized spacial score (nSPS) is 12.5. The van der Waals surface area contributed by atoms with E-state index in [9.17, 15) is 19.1 Å². The van der Waals surface area contributed by atoms with E-state index in [4.69, 9.17) is 0 Å². The molecular weight excluding hydrogens is 321 g/mol. The van der Waals surface area contributed by atoms with Gasteiger partial charge in [0.2, 0.25) is 5.91 Å². The molecule has 0 spiro atoms. The van der Waals surface area contributed by atoms with Crippen molar-refractivity contribution in [2.24, 2.45) is 5.92 Å². The molecule has 2 rings (SSSR count). The maximum atomic E-state index is 13.7. The molecule has 0 fully saturated rings. The molecule has 5 heteroatoms. The van der Waals surface area contributed by atoms with Crippen LogP contribution in [-0.2, 0) is 21.4 Å². The lowest BCUT2D eigenvalue weighted by molar-refractivity contribution is -0.142. The van der Waals surface area contributed by atoms with Gasteiger partial charge in [0, 0.05) is 11.6 Å². The fourth-order valence-corrected chi connectivity index (χ4v) is 2.45. The van der Waals surface area contributed by atoms with Crippen LogP contribution in [0.15, 0.2) is 48.5 Å². The van der Waals surface area contributed by atoms with E-state index < -0.39 is 17.3 Å². The van der Waals surface area contributed by atoms with Gasteiger partial charge in [-0.1, -0.05) is 37.3 Å². The Hall–Kier alpha value is -2.69. The summed E-state index contributed by atoms with van der Waals surface area (Å²) >= 11 is 0. The number of nitrogens with one attached hydrogen (secondary N) is 1. The summed E-state index contributed by atoms with van der Waals surface area (Å²) in [6.07, 6.45) is 0.308. The van der Waals surface area contributed by atoms with Gasteiger partial charge in [0.1, 0.15) is 5.82 Å². The highest BCUT2D eigenvalue weighted by Gasteiger charge is 2.29. The highest BCUT2D eigenvalue weighted by atomic mass is 19.1. The Kier molecular flexibility index (Phi) is 5.57. The third-order valence-electron chi connectivity index (χ3n) is 4.34. The van der Waals surface area contributed by atoms with Crippen LogP contribution in [0.1, 0.15) is 31.9 Å². The van der Waals surface area contributed by atoms with Crippen LogP contribution < -0.4 is 5.32 Å². The summed E-state index contributed by atoms with van der Waals surface area (Å²) in [4.78, 5) is 23.6. The molecule has 2 aromatic carbocycles. The zero-order valence-electron chi connectivity index (χ0n) is 14.5. The van der Waals surface area contributed by atoms with E-state index in [2.05, 4.69) is 5.32 Å². The number of rotatable bonds is 6. The summed E-state index contributed by atoms with van der Waals surface area (Å²) in [7, 11) is 0.